The molecule has 216 valence electrons. The summed E-state index contributed by atoms with van der Waals surface area (Å²) in [6.45, 7) is 2.80. The number of ether oxygens (including phenoxy) is 2. The number of carbonyl (C=O) groups is 1. The number of aliphatic hydroxyl groups is 1. The highest BCUT2D eigenvalue weighted by molar-refractivity contribution is 5.98. The summed E-state index contributed by atoms with van der Waals surface area (Å²) >= 11 is 0. The largest absolute Gasteiger partial charge is 0.508 e. The molecule has 0 saturated carbocycles. The van der Waals surface area contributed by atoms with Gasteiger partial charge in [-0.1, -0.05) is 12.1 Å². The number of methoxy groups -OCH3 is 1. The summed E-state index contributed by atoms with van der Waals surface area (Å²) in [5.41, 5.74) is 3.84. The van der Waals surface area contributed by atoms with Crippen LogP contribution >= 0.6 is 0 Å². The second kappa shape index (κ2) is 13.4. The van der Waals surface area contributed by atoms with Crippen LogP contribution in [0.1, 0.15) is 28.9 Å². The number of fused-ring (bicyclic) bond motifs is 1. The van der Waals surface area contributed by atoms with Crippen LogP contribution in [0, 0.1) is 0 Å². The number of phenols is 1. The van der Waals surface area contributed by atoms with E-state index >= 15 is 0 Å². The van der Waals surface area contributed by atoms with E-state index in [-0.39, 0.29) is 18.3 Å². The number of hydrogen-bond acceptors (Lipinski definition) is 7. The average Bonchev–Trinajstić information content (AvgIpc) is 3.43. The van der Waals surface area contributed by atoms with Gasteiger partial charge in [-0.15, -0.1) is 0 Å². The highest BCUT2D eigenvalue weighted by Gasteiger charge is 2.24. The zero-order valence-electron chi connectivity index (χ0n) is 23.3. The van der Waals surface area contributed by atoms with Gasteiger partial charge in [0.05, 0.1) is 7.11 Å². The Labute approximate surface area is 240 Å². The number of phenolic OH excluding ortho intramolecular Hbond substituents is 1. The highest BCUT2D eigenvalue weighted by Crippen LogP contribution is 2.24. The molecule has 2 heterocycles. The zero-order chi connectivity index (χ0) is 28.6. The maximum atomic E-state index is 13.1. The van der Waals surface area contributed by atoms with Gasteiger partial charge in [-0.3, -0.25) is 4.79 Å². The van der Waals surface area contributed by atoms with Gasteiger partial charge >= 0.3 is 0 Å². The van der Waals surface area contributed by atoms with E-state index in [2.05, 4.69) is 39.9 Å². The van der Waals surface area contributed by atoms with Crippen LogP contribution in [0.25, 0.3) is 10.9 Å². The van der Waals surface area contributed by atoms with Gasteiger partial charge in [-0.2, -0.15) is 0 Å². The maximum absolute atomic E-state index is 13.1. The molecule has 4 aromatic rings. The number of carbonyl (C=O) groups excluding carboxylic acids is 1. The number of piperidine rings is 1. The van der Waals surface area contributed by atoms with Crippen molar-refractivity contribution in [2.45, 2.75) is 31.4 Å². The number of H-pyrrole nitrogens is 1. The van der Waals surface area contributed by atoms with Crippen LogP contribution in [-0.4, -0.2) is 78.0 Å². The van der Waals surface area contributed by atoms with Crippen molar-refractivity contribution in [3.8, 4) is 17.2 Å². The molecule has 5 rings (SSSR count). The second-order valence-electron chi connectivity index (χ2n) is 10.5. The van der Waals surface area contributed by atoms with Gasteiger partial charge in [0, 0.05) is 42.3 Å². The van der Waals surface area contributed by atoms with Crippen molar-refractivity contribution in [1.82, 2.24) is 15.2 Å². The van der Waals surface area contributed by atoms with Crippen LogP contribution < -0.4 is 20.1 Å². The number of nitrogens with one attached hydrogen (secondary N) is 3. The van der Waals surface area contributed by atoms with Gasteiger partial charge in [-0.05, 0) is 92.0 Å². The van der Waals surface area contributed by atoms with E-state index in [0.717, 1.165) is 48.1 Å². The molecule has 1 aromatic heterocycles. The number of likely N-dealkylation sites (tertiary alicyclic amines) is 1. The Balaban J connectivity index is 0.996. The molecule has 0 bridgehead atoms. The summed E-state index contributed by atoms with van der Waals surface area (Å²) in [4.78, 5) is 18.3. The summed E-state index contributed by atoms with van der Waals surface area (Å²) in [6.07, 6.45) is 2.02. The Morgan fingerprint density at radius 2 is 1.76 bits per heavy atom. The number of anilines is 1. The molecule has 9 heteroatoms. The van der Waals surface area contributed by atoms with Crippen molar-refractivity contribution in [1.29, 1.82) is 0 Å². The van der Waals surface area contributed by atoms with Gasteiger partial charge in [0.1, 0.15) is 35.7 Å². The molecule has 1 aliphatic rings. The first-order valence-electron chi connectivity index (χ1n) is 14.1. The fourth-order valence-corrected chi connectivity index (χ4v) is 5.05. The monoisotopic (exact) mass is 558 g/mol. The van der Waals surface area contributed by atoms with Gasteiger partial charge in [-0.25, -0.2) is 0 Å². The molecule has 1 saturated heterocycles. The van der Waals surface area contributed by atoms with Crippen LogP contribution in [-0.2, 0) is 6.42 Å². The van der Waals surface area contributed by atoms with Crippen molar-refractivity contribution in [2.24, 2.45) is 0 Å². The average molecular weight is 559 g/mol. The second-order valence-corrected chi connectivity index (χ2v) is 10.5. The van der Waals surface area contributed by atoms with Crippen molar-refractivity contribution in [2.75, 3.05) is 45.2 Å². The van der Waals surface area contributed by atoms with Crippen LogP contribution in [0.3, 0.4) is 0 Å². The molecule has 3 aromatic carbocycles. The predicted molar refractivity (Wildman–Crippen MR) is 160 cm³/mol. The molecule has 5 N–H and O–H groups in total. The number of aliphatic hydroxyl groups excluding tert-OH is 1. The molecule has 0 radical (unpaired) electrons. The first-order valence-corrected chi connectivity index (χ1v) is 14.1. The predicted octanol–water partition coefficient (Wildman–Crippen LogP) is 4.17. The first kappa shape index (κ1) is 28.3. The number of benzene rings is 3. The van der Waals surface area contributed by atoms with Crippen LogP contribution in [0.5, 0.6) is 17.2 Å². The Morgan fingerprint density at radius 1 is 1.02 bits per heavy atom. The third kappa shape index (κ3) is 7.71. The molecule has 1 unspecified atom stereocenters. The summed E-state index contributed by atoms with van der Waals surface area (Å²) in [6, 6.07) is 22.9. The molecular weight excluding hydrogens is 520 g/mol. The fraction of sp³-hybridized carbons (Fsp3) is 0.344. The number of aromatic amines is 1. The van der Waals surface area contributed by atoms with Crippen LogP contribution in [0.2, 0.25) is 0 Å². The van der Waals surface area contributed by atoms with Gasteiger partial charge in [0.15, 0.2) is 0 Å². The van der Waals surface area contributed by atoms with E-state index in [0.29, 0.717) is 37.1 Å². The lowest BCUT2D eigenvalue weighted by molar-refractivity contribution is 0.0713. The molecule has 0 aliphatic carbocycles. The van der Waals surface area contributed by atoms with Gasteiger partial charge in [0.2, 0.25) is 0 Å². The van der Waals surface area contributed by atoms with E-state index in [1.165, 1.54) is 5.56 Å². The summed E-state index contributed by atoms with van der Waals surface area (Å²) in [5.74, 6) is 1.61. The lowest BCUT2D eigenvalue weighted by Crippen LogP contribution is -2.42. The lowest BCUT2D eigenvalue weighted by Gasteiger charge is -2.32. The molecule has 9 nitrogen and oxygen atoms in total. The van der Waals surface area contributed by atoms with E-state index in [1.54, 1.807) is 31.4 Å². The number of aromatic nitrogens is 1. The summed E-state index contributed by atoms with van der Waals surface area (Å²) in [7, 11) is 1.64. The quantitative estimate of drug-likeness (QED) is 0.166. The van der Waals surface area contributed by atoms with Crippen molar-refractivity contribution < 1.29 is 24.5 Å². The standard InChI is InChI=1S/C32H38N4O5/c1-40-29-10-11-30-23(18-29)19-31(35-30)32(39)36-16-13-25(14-17-36)34-24-4-2-22(3-5-24)12-15-33-20-27(38)21-41-28-8-6-26(37)7-9-28/h2-11,18-19,25,27,33-35,37-38H,12-17,20-21H2,1H3. The molecule has 1 atom stereocenters. The fourth-order valence-electron chi connectivity index (χ4n) is 5.05. The molecule has 1 amide bonds. The third-order valence-corrected chi connectivity index (χ3v) is 7.41. The molecule has 41 heavy (non-hydrogen) atoms. The highest BCUT2D eigenvalue weighted by atomic mass is 16.5. The van der Waals surface area contributed by atoms with Crippen LogP contribution in [0.4, 0.5) is 5.69 Å². The Kier molecular flexibility index (Phi) is 9.28. The lowest BCUT2D eigenvalue weighted by atomic mass is 10.0. The SMILES string of the molecule is COc1ccc2[nH]c(C(=O)N3CCC(Nc4ccc(CCNCC(O)COc5ccc(O)cc5)cc4)CC3)cc2c1. The number of nitrogens with zero attached hydrogens (tertiary/aromatic N) is 1. The number of rotatable bonds is 12. The maximum Gasteiger partial charge on any atom is 0.270 e. The molecule has 1 aliphatic heterocycles. The third-order valence-electron chi connectivity index (χ3n) is 7.41. The zero-order valence-corrected chi connectivity index (χ0v) is 23.3. The molecule has 0 spiro atoms. The number of hydrogen-bond donors (Lipinski definition) is 5. The Hall–Kier alpha value is -4.21. The summed E-state index contributed by atoms with van der Waals surface area (Å²) < 4.78 is 10.8. The normalized spacial score (nSPS) is 14.6. The molecular formula is C32H38N4O5. The van der Waals surface area contributed by atoms with Crippen molar-refractivity contribution in [3.05, 3.63) is 84.1 Å². The summed E-state index contributed by atoms with van der Waals surface area (Å²) in [5, 5.41) is 27.3. The van der Waals surface area contributed by atoms with E-state index in [4.69, 9.17) is 9.47 Å². The van der Waals surface area contributed by atoms with Crippen molar-refractivity contribution in [3.63, 3.8) is 0 Å². The molecule has 1 fully saturated rings. The smallest absolute Gasteiger partial charge is 0.270 e. The van der Waals surface area contributed by atoms with Crippen LogP contribution in [0.15, 0.2) is 72.8 Å². The van der Waals surface area contributed by atoms with E-state index in [9.17, 15) is 15.0 Å². The first-order chi connectivity index (χ1) is 20.0. The minimum absolute atomic E-state index is 0.0361. The van der Waals surface area contributed by atoms with E-state index < -0.39 is 6.10 Å². The number of aromatic hydroxyl groups is 1. The minimum Gasteiger partial charge on any atom is -0.508 e. The van der Waals surface area contributed by atoms with E-state index in [1.807, 2.05) is 29.2 Å². The van der Waals surface area contributed by atoms with Gasteiger partial charge in [0.25, 0.3) is 5.91 Å². The van der Waals surface area contributed by atoms with Gasteiger partial charge < -0.3 is 40.2 Å². The number of amides is 1. The minimum atomic E-state index is -0.622. The topological polar surface area (TPSA) is 119 Å². The Morgan fingerprint density at radius 3 is 2.49 bits per heavy atom. The van der Waals surface area contributed by atoms with Crippen molar-refractivity contribution >= 4 is 22.5 Å². The Bertz CT molecular complexity index is 1410.